The second kappa shape index (κ2) is 7.04. The summed E-state index contributed by atoms with van der Waals surface area (Å²) < 4.78 is 0. The lowest BCUT2D eigenvalue weighted by atomic mass is 9.74. The molecule has 5 rings (SSSR count). The van der Waals surface area contributed by atoms with Crippen molar-refractivity contribution in [3.05, 3.63) is 64.3 Å². The summed E-state index contributed by atoms with van der Waals surface area (Å²) in [6.45, 7) is 3.65. The molecule has 1 fully saturated rings. The van der Waals surface area contributed by atoms with Crippen molar-refractivity contribution < 1.29 is 4.79 Å². The number of carbonyl (C=O) groups is 1. The lowest BCUT2D eigenvalue weighted by molar-refractivity contribution is 0.102. The summed E-state index contributed by atoms with van der Waals surface area (Å²) in [5.41, 5.74) is 3.18. The molecule has 1 amide bonds. The van der Waals surface area contributed by atoms with Gasteiger partial charge in [0.15, 0.2) is 11.5 Å². The maximum atomic E-state index is 12.3. The van der Waals surface area contributed by atoms with Gasteiger partial charge in [-0.2, -0.15) is 0 Å². The van der Waals surface area contributed by atoms with Crippen LogP contribution in [0.15, 0.2) is 42.5 Å². The van der Waals surface area contributed by atoms with Gasteiger partial charge in [-0.1, -0.05) is 47.8 Å². The number of piperidine rings is 1. The number of nitrogens with zero attached hydrogens (tertiary/aromatic N) is 5. The largest absolute Gasteiger partial charge is 0.355 e. The first kappa shape index (κ1) is 17.9. The van der Waals surface area contributed by atoms with E-state index in [1.165, 1.54) is 22.5 Å². The van der Waals surface area contributed by atoms with Gasteiger partial charge in [0.2, 0.25) is 5.13 Å². The van der Waals surface area contributed by atoms with Crippen LogP contribution < -0.4 is 10.2 Å². The molecule has 0 saturated carbocycles. The number of anilines is 2. The summed E-state index contributed by atoms with van der Waals surface area (Å²) in [5, 5.41) is 20.2. The molecule has 0 atom stereocenters. The normalized spacial score (nSPS) is 16.8. The number of aryl methyl sites for hydroxylation is 1. The number of nitrogens with one attached hydrogen (secondary N) is 1. The van der Waals surface area contributed by atoms with Gasteiger partial charge in [-0.05, 0) is 43.0 Å². The van der Waals surface area contributed by atoms with Gasteiger partial charge >= 0.3 is 0 Å². The Hall–Kier alpha value is -3.13. The molecule has 3 heterocycles. The molecule has 0 unspecified atom stereocenters. The van der Waals surface area contributed by atoms with Gasteiger partial charge in [-0.25, -0.2) is 0 Å². The quantitative estimate of drug-likeness (QED) is 0.720. The molecule has 0 radical (unpaired) electrons. The molecular formula is C21H20N6OS. The van der Waals surface area contributed by atoms with Gasteiger partial charge in [0.05, 0.1) is 0 Å². The molecule has 7 nitrogen and oxygen atoms in total. The lowest BCUT2D eigenvalue weighted by Gasteiger charge is -2.39. The van der Waals surface area contributed by atoms with Crippen LogP contribution in [0.5, 0.6) is 0 Å². The van der Waals surface area contributed by atoms with Crippen molar-refractivity contribution in [2.75, 3.05) is 23.3 Å². The minimum atomic E-state index is -0.328. The van der Waals surface area contributed by atoms with Crippen LogP contribution in [-0.4, -0.2) is 39.4 Å². The topological polar surface area (TPSA) is 83.9 Å². The lowest BCUT2D eigenvalue weighted by Crippen LogP contribution is -2.41. The van der Waals surface area contributed by atoms with Gasteiger partial charge in [0.1, 0.15) is 5.01 Å². The van der Waals surface area contributed by atoms with Crippen molar-refractivity contribution in [2.45, 2.75) is 25.2 Å². The van der Waals surface area contributed by atoms with Crippen molar-refractivity contribution in [1.82, 2.24) is 20.4 Å². The Morgan fingerprint density at radius 3 is 2.62 bits per heavy atom. The summed E-state index contributed by atoms with van der Waals surface area (Å²) in [7, 11) is 0. The fraction of sp³-hybridized carbons (Fsp3) is 0.286. The SMILES string of the molecule is Cc1nnc(NC(=O)c2ccc(N3CCC4(C=Cc5ccccc54)CC3)nn2)s1. The first-order valence-corrected chi connectivity index (χ1v) is 10.4. The van der Waals surface area contributed by atoms with Crippen LogP contribution in [0.4, 0.5) is 10.9 Å². The highest BCUT2D eigenvalue weighted by molar-refractivity contribution is 7.15. The molecule has 1 aromatic carbocycles. The van der Waals surface area contributed by atoms with E-state index in [-0.39, 0.29) is 17.0 Å². The Kier molecular flexibility index (Phi) is 4.35. The number of benzene rings is 1. The molecule has 146 valence electrons. The molecule has 3 aromatic rings. The summed E-state index contributed by atoms with van der Waals surface area (Å²) >= 11 is 1.32. The number of hydrogen-bond acceptors (Lipinski definition) is 7. The Morgan fingerprint density at radius 1 is 1.07 bits per heavy atom. The third kappa shape index (κ3) is 3.29. The van der Waals surface area contributed by atoms with E-state index in [1.54, 1.807) is 6.07 Å². The van der Waals surface area contributed by atoms with Gasteiger partial charge < -0.3 is 4.90 Å². The standard InChI is InChI=1S/C21H20N6OS/c1-14-23-26-20(29-14)22-19(28)17-6-7-18(25-24-17)27-12-10-21(11-13-27)9-8-15-4-2-3-5-16(15)21/h2-9H,10-13H2,1H3,(H,22,26,28). The predicted molar refractivity (Wildman–Crippen MR) is 113 cm³/mol. The van der Waals surface area contributed by atoms with Crippen LogP contribution in [0, 0.1) is 6.92 Å². The molecular weight excluding hydrogens is 384 g/mol. The fourth-order valence-corrected chi connectivity index (χ4v) is 4.72. The van der Waals surface area contributed by atoms with E-state index in [4.69, 9.17) is 0 Å². The average molecular weight is 404 g/mol. The van der Waals surface area contributed by atoms with Gasteiger partial charge in [0.25, 0.3) is 5.91 Å². The average Bonchev–Trinajstić information content (AvgIpc) is 3.33. The molecule has 1 saturated heterocycles. The fourth-order valence-electron chi connectivity index (χ4n) is 4.13. The Morgan fingerprint density at radius 2 is 1.90 bits per heavy atom. The van der Waals surface area contributed by atoms with Crippen LogP contribution in [0.25, 0.3) is 6.08 Å². The van der Waals surface area contributed by atoms with E-state index in [9.17, 15) is 4.79 Å². The second-order valence-electron chi connectivity index (χ2n) is 7.42. The highest BCUT2D eigenvalue weighted by Gasteiger charge is 2.38. The maximum absolute atomic E-state index is 12.3. The molecule has 1 aliphatic heterocycles. The smallest absolute Gasteiger partial charge is 0.278 e. The van der Waals surface area contributed by atoms with Crippen molar-refractivity contribution in [2.24, 2.45) is 0 Å². The number of carbonyl (C=O) groups excluding carboxylic acids is 1. The second-order valence-corrected chi connectivity index (χ2v) is 8.60. The first-order valence-electron chi connectivity index (χ1n) is 9.62. The Bertz CT molecular complexity index is 1080. The van der Waals surface area contributed by atoms with E-state index in [0.717, 1.165) is 36.8 Å². The number of aromatic nitrogens is 4. The van der Waals surface area contributed by atoms with Crippen molar-refractivity contribution in [3.8, 4) is 0 Å². The minimum absolute atomic E-state index is 0.139. The zero-order valence-corrected chi connectivity index (χ0v) is 16.8. The zero-order chi connectivity index (χ0) is 19.8. The third-order valence-electron chi connectivity index (χ3n) is 5.69. The molecule has 29 heavy (non-hydrogen) atoms. The van der Waals surface area contributed by atoms with E-state index >= 15 is 0 Å². The first-order chi connectivity index (χ1) is 14.1. The summed E-state index contributed by atoms with van der Waals surface area (Å²) in [6.07, 6.45) is 6.70. The van der Waals surface area contributed by atoms with E-state index in [2.05, 4.69) is 67.0 Å². The van der Waals surface area contributed by atoms with Crippen LogP contribution in [0.2, 0.25) is 0 Å². The summed E-state index contributed by atoms with van der Waals surface area (Å²) in [5.74, 6) is 0.476. The van der Waals surface area contributed by atoms with E-state index < -0.39 is 0 Å². The monoisotopic (exact) mass is 404 g/mol. The predicted octanol–water partition coefficient (Wildman–Crippen LogP) is 3.45. The Balaban J connectivity index is 1.25. The molecule has 0 bridgehead atoms. The molecule has 2 aromatic heterocycles. The van der Waals surface area contributed by atoms with E-state index in [0.29, 0.717) is 5.13 Å². The summed E-state index contributed by atoms with van der Waals surface area (Å²) in [6, 6.07) is 12.2. The van der Waals surface area contributed by atoms with Crippen LogP contribution in [0.1, 0.15) is 39.5 Å². The maximum Gasteiger partial charge on any atom is 0.278 e. The van der Waals surface area contributed by atoms with Crippen molar-refractivity contribution >= 4 is 34.3 Å². The van der Waals surface area contributed by atoms with Crippen molar-refractivity contribution in [3.63, 3.8) is 0 Å². The van der Waals surface area contributed by atoms with Crippen LogP contribution in [-0.2, 0) is 5.41 Å². The third-order valence-corrected chi connectivity index (χ3v) is 6.44. The molecule has 1 N–H and O–H groups in total. The summed E-state index contributed by atoms with van der Waals surface area (Å²) in [4.78, 5) is 14.5. The zero-order valence-electron chi connectivity index (χ0n) is 16.0. The number of fused-ring (bicyclic) bond motifs is 2. The van der Waals surface area contributed by atoms with Crippen molar-refractivity contribution in [1.29, 1.82) is 0 Å². The number of rotatable bonds is 3. The minimum Gasteiger partial charge on any atom is -0.355 e. The van der Waals surface area contributed by atoms with E-state index in [1.807, 2.05) is 13.0 Å². The highest BCUT2D eigenvalue weighted by atomic mass is 32.1. The molecule has 1 aliphatic carbocycles. The Labute approximate surface area is 172 Å². The molecule has 1 spiro atoms. The van der Waals surface area contributed by atoms with Gasteiger partial charge in [0, 0.05) is 18.5 Å². The van der Waals surface area contributed by atoms with Gasteiger partial charge in [-0.15, -0.1) is 20.4 Å². The van der Waals surface area contributed by atoms with Gasteiger partial charge in [-0.3, -0.25) is 10.1 Å². The number of hydrogen-bond donors (Lipinski definition) is 1. The van der Waals surface area contributed by atoms with Crippen LogP contribution >= 0.6 is 11.3 Å². The number of allylic oxidation sites excluding steroid dienone is 1. The molecule has 2 aliphatic rings. The van der Waals surface area contributed by atoms with Crippen LogP contribution in [0.3, 0.4) is 0 Å². The number of amides is 1. The molecule has 8 heteroatoms. The highest BCUT2D eigenvalue weighted by Crippen LogP contribution is 2.44.